The highest BCUT2D eigenvalue weighted by Gasteiger charge is 2.44. The molecule has 144 valence electrons. The zero-order valence-electron chi connectivity index (χ0n) is 15.4. The molecule has 2 aromatic rings. The van der Waals surface area contributed by atoms with Gasteiger partial charge in [-0.25, -0.2) is 0 Å². The van der Waals surface area contributed by atoms with E-state index in [0.29, 0.717) is 18.8 Å². The molecule has 1 fully saturated rings. The number of rotatable bonds is 8. The number of amides is 1. The molecular formula is C20H25BrN4O2. The fraction of sp³-hybridized carbons (Fsp3) is 0.400. The second-order valence-corrected chi connectivity index (χ2v) is 7.56. The van der Waals surface area contributed by atoms with Crippen molar-refractivity contribution in [2.45, 2.75) is 25.2 Å². The van der Waals surface area contributed by atoms with Gasteiger partial charge in [-0.05, 0) is 49.6 Å². The molecule has 27 heavy (non-hydrogen) atoms. The number of hydrogen-bond donors (Lipinski definition) is 3. The smallest absolute Gasteiger partial charge is 0.287 e. The van der Waals surface area contributed by atoms with Gasteiger partial charge in [-0.1, -0.05) is 28.1 Å². The number of nitrogens with zero attached hydrogens (tertiary/aromatic N) is 1. The van der Waals surface area contributed by atoms with Gasteiger partial charge in [-0.3, -0.25) is 9.79 Å². The van der Waals surface area contributed by atoms with E-state index in [-0.39, 0.29) is 11.3 Å². The van der Waals surface area contributed by atoms with Crippen LogP contribution in [0.2, 0.25) is 0 Å². The van der Waals surface area contributed by atoms with Crippen molar-refractivity contribution in [1.82, 2.24) is 16.0 Å². The van der Waals surface area contributed by atoms with Gasteiger partial charge in [0.25, 0.3) is 5.91 Å². The fourth-order valence-electron chi connectivity index (χ4n) is 2.93. The molecule has 1 heterocycles. The molecule has 0 unspecified atom stereocenters. The SMILES string of the molecule is CCNC(=NCC1(c2cccc(Br)c2)CC1)NCCNC(=O)c1ccco1. The Bertz CT molecular complexity index is 785. The van der Waals surface area contributed by atoms with Gasteiger partial charge in [0.15, 0.2) is 11.7 Å². The molecule has 0 atom stereocenters. The molecule has 0 radical (unpaired) electrons. The summed E-state index contributed by atoms with van der Waals surface area (Å²) in [6.07, 6.45) is 3.80. The number of benzene rings is 1. The summed E-state index contributed by atoms with van der Waals surface area (Å²) < 4.78 is 6.18. The number of furan rings is 1. The molecule has 1 aromatic heterocycles. The van der Waals surface area contributed by atoms with E-state index in [1.54, 1.807) is 12.1 Å². The van der Waals surface area contributed by atoms with Gasteiger partial charge in [0.2, 0.25) is 0 Å². The van der Waals surface area contributed by atoms with Gasteiger partial charge < -0.3 is 20.4 Å². The van der Waals surface area contributed by atoms with Crippen molar-refractivity contribution in [3.63, 3.8) is 0 Å². The normalized spacial score (nSPS) is 15.3. The molecule has 0 saturated heterocycles. The van der Waals surface area contributed by atoms with Crippen LogP contribution in [0, 0.1) is 0 Å². The first-order valence-electron chi connectivity index (χ1n) is 9.23. The van der Waals surface area contributed by atoms with Crippen molar-refractivity contribution in [2.24, 2.45) is 4.99 Å². The van der Waals surface area contributed by atoms with Crippen LogP contribution in [0.25, 0.3) is 0 Å². The van der Waals surface area contributed by atoms with E-state index in [1.807, 2.05) is 13.0 Å². The Balaban J connectivity index is 1.50. The van der Waals surface area contributed by atoms with Crippen molar-refractivity contribution < 1.29 is 9.21 Å². The number of nitrogens with one attached hydrogen (secondary N) is 3. The summed E-state index contributed by atoms with van der Waals surface area (Å²) in [5.74, 6) is 0.876. The quantitative estimate of drug-likeness (QED) is 0.340. The maximum Gasteiger partial charge on any atom is 0.287 e. The van der Waals surface area contributed by atoms with Crippen molar-refractivity contribution in [2.75, 3.05) is 26.2 Å². The average molecular weight is 433 g/mol. The number of carbonyl (C=O) groups is 1. The molecule has 0 spiro atoms. The Labute approximate surface area is 168 Å². The largest absolute Gasteiger partial charge is 0.459 e. The second kappa shape index (κ2) is 9.08. The maximum absolute atomic E-state index is 11.8. The van der Waals surface area contributed by atoms with Crippen molar-refractivity contribution in [1.29, 1.82) is 0 Å². The van der Waals surface area contributed by atoms with Crippen molar-refractivity contribution >= 4 is 27.8 Å². The molecule has 6 nitrogen and oxygen atoms in total. The predicted molar refractivity (Wildman–Crippen MR) is 110 cm³/mol. The summed E-state index contributed by atoms with van der Waals surface area (Å²) in [6, 6.07) is 11.8. The summed E-state index contributed by atoms with van der Waals surface area (Å²) in [4.78, 5) is 16.6. The van der Waals surface area contributed by atoms with E-state index in [9.17, 15) is 4.79 Å². The first-order valence-corrected chi connectivity index (χ1v) is 10.0. The summed E-state index contributed by atoms with van der Waals surface area (Å²) >= 11 is 3.55. The highest BCUT2D eigenvalue weighted by molar-refractivity contribution is 9.10. The van der Waals surface area contributed by atoms with Gasteiger partial charge in [0.1, 0.15) is 0 Å². The lowest BCUT2D eigenvalue weighted by molar-refractivity contribution is 0.0926. The molecule has 3 N–H and O–H groups in total. The van der Waals surface area contributed by atoms with Crippen LogP contribution in [0.15, 0.2) is 56.5 Å². The van der Waals surface area contributed by atoms with Crippen LogP contribution in [-0.4, -0.2) is 38.0 Å². The third-order valence-corrected chi connectivity index (χ3v) is 5.12. The number of halogens is 1. The highest BCUT2D eigenvalue weighted by Crippen LogP contribution is 2.48. The Kier molecular flexibility index (Phi) is 6.55. The number of hydrogen-bond acceptors (Lipinski definition) is 3. The van der Waals surface area contributed by atoms with E-state index in [2.05, 4.69) is 50.1 Å². The minimum absolute atomic E-state index is 0.152. The number of guanidine groups is 1. The lowest BCUT2D eigenvalue weighted by Gasteiger charge is -2.16. The molecule has 0 bridgehead atoms. The Morgan fingerprint density at radius 3 is 2.67 bits per heavy atom. The lowest BCUT2D eigenvalue weighted by Crippen LogP contribution is -2.42. The molecule has 1 aliphatic rings. The minimum atomic E-state index is -0.213. The molecule has 1 amide bonds. The lowest BCUT2D eigenvalue weighted by atomic mass is 9.96. The third kappa shape index (κ3) is 5.35. The van der Waals surface area contributed by atoms with E-state index < -0.39 is 0 Å². The Hall–Kier alpha value is -2.28. The van der Waals surface area contributed by atoms with Crippen LogP contribution in [0.3, 0.4) is 0 Å². The summed E-state index contributed by atoms with van der Waals surface area (Å²) in [7, 11) is 0. The average Bonchev–Trinajstić information content (AvgIpc) is 3.26. The Morgan fingerprint density at radius 2 is 2.00 bits per heavy atom. The standard InChI is InChI=1S/C20H25BrN4O2/c1-2-22-19(24-11-10-23-18(26)17-7-4-12-27-17)25-14-20(8-9-20)15-5-3-6-16(21)13-15/h3-7,12-13H,2,8-11,14H2,1H3,(H,23,26)(H2,22,24,25). The van der Waals surface area contributed by atoms with Gasteiger partial charge in [-0.15, -0.1) is 0 Å². The van der Waals surface area contributed by atoms with E-state index in [4.69, 9.17) is 9.41 Å². The maximum atomic E-state index is 11.8. The number of carbonyl (C=O) groups excluding carboxylic acids is 1. The van der Waals surface area contributed by atoms with Crippen LogP contribution < -0.4 is 16.0 Å². The first kappa shape index (κ1) is 19.5. The highest BCUT2D eigenvalue weighted by atomic mass is 79.9. The number of aliphatic imine (C=N–C) groups is 1. The van der Waals surface area contributed by atoms with Crippen molar-refractivity contribution in [3.05, 3.63) is 58.5 Å². The molecule has 0 aliphatic heterocycles. The van der Waals surface area contributed by atoms with Crippen molar-refractivity contribution in [3.8, 4) is 0 Å². The first-order chi connectivity index (χ1) is 13.1. The molecule has 1 aliphatic carbocycles. The zero-order chi connectivity index (χ0) is 19.1. The summed E-state index contributed by atoms with van der Waals surface area (Å²) in [6.45, 7) is 4.64. The molecule has 3 rings (SSSR count). The van der Waals surface area contributed by atoms with E-state index in [1.165, 1.54) is 11.8 Å². The van der Waals surface area contributed by atoms with E-state index in [0.717, 1.165) is 36.4 Å². The minimum Gasteiger partial charge on any atom is -0.459 e. The Morgan fingerprint density at radius 1 is 1.19 bits per heavy atom. The van der Waals surface area contributed by atoms with Gasteiger partial charge >= 0.3 is 0 Å². The van der Waals surface area contributed by atoms with Crippen LogP contribution in [0.1, 0.15) is 35.9 Å². The van der Waals surface area contributed by atoms with Crippen LogP contribution in [0.4, 0.5) is 0 Å². The summed E-state index contributed by atoms with van der Waals surface area (Å²) in [5, 5.41) is 9.34. The van der Waals surface area contributed by atoms with Crippen LogP contribution in [-0.2, 0) is 5.41 Å². The van der Waals surface area contributed by atoms with E-state index >= 15 is 0 Å². The van der Waals surface area contributed by atoms with Crippen LogP contribution >= 0.6 is 15.9 Å². The third-order valence-electron chi connectivity index (χ3n) is 4.62. The summed E-state index contributed by atoms with van der Waals surface area (Å²) in [5.41, 5.74) is 1.49. The van der Waals surface area contributed by atoms with Crippen LogP contribution in [0.5, 0.6) is 0 Å². The molecule has 7 heteroatoms. The van der Waals surface area contributed by atoms with Gasteiger partial charge in [-0.2, -0.15) is 0 Å². The molecular weight excluding hydrogens is 408 g/mol. The zero-order valence-corrected chi connectivity index (χ0v) is 17.0. The topological polar surface area (TPSA) is 78.7 Å². The van der Waals surface area contributed by atoms with Gasteiger partial charge in [0, 0.05) is 29.5 Å². The second-order valence-electron chi connectivity index (χ2n) is 6.65. The van der Waals surface area contributed by atoms with Gasteiger partial charge in [0.05, 0.1) is 12.8 Å². The molecule has 1 aromatic carbocycles. The fourth-order valence-corrected chi connectivity index (χ4v) is 3.33. The predicted octanol–water partition coefficient (Wildman–Crippen LogP) is 3.06. The monoisotopic (exact) mass is 432 g/mol. The molecule has 1 saturated carbocycles.